The first-order valence-electron chi connectivity index (χ1n) is 8.10. The third-order valence-electron chi connectivity index (χ3n) is 4.15. The van der Waals surface area contributed by atoms with Crippen LogP contribution in [-0.2, 0) is 4.79 Å². The molecule has 0 atom stereocenters. The van der Waals surface area contributed by atoms with E-state index in [1.54, 1.807) is 64.8 Å². The Kier molecular flexibility index (Phi) is 7.77. The van der Waals surface area contributed by atoms with Crippen LogP contribution in [0.4, 0.5) is 0 Å². The summed E-state index contributed by atoms with van der Waals surface area (Å²) in [5.74, 6) is 0.668. The van der Waals surface area contributed by atoms with Crippen LogP contribution in [0.5, 0.6) is 23.0 Å². The van der Waals surface area contributed by atoms with Crippen LogP contribution in [0.25, 0.3) is 0 Å². The number of rotatable bonds is 8. The molecule has 0 radical (unpaired) electrons. The molecule has 0 heterocycles. The normalized spacial score (nSPS) is 11.7. The minimum atomic E-state index is -1.11. The molecule has 0 fully saturated rings. The Morgan fingerprint density at radius 2 is 1.25 bits per heavy atom. The molecule has 150 valence electrons. The second-order valence-electron chi connectivity index (χ2n) is 5.62. The predicted octanol–water partition coefficient (Wildman–Crippen LogP) is 4.94. The summed E-state index contributed by atoms with van der Waals surface area (Å²) in [6.07, 6.45) is 0. The maximum atomic E-state index is 11.6. The lowest BCUT2D eigenvalue weighted by atomic mass is 9.89. The van der Waals surface area contributed by atoms with Crippen molar-refractivity contribution >= 4 is 37.8 Å². The molecule has 8 heteroatoms. The van der Waals surface area contributed by atoms with Gasteiger partial charge in [0.2, 0.25) is 0 Å². The van der Waals surface area contributed by atoms with E-state index in [1.165, 1.54) is 0 Å². The standard InChI is InChI=1S/C20H20Br2O6/c1-25-11-5-7-15(27-3)13(9-11)17(18(21)19(22)20(23)24)14-10-12(26-2)6-8-16(14)28-4/h5-10,17H,1-4H3,(H,23,24). The van der Waals surface area contributed by atoms with Gasteiger partial charge in [-0.3, -0.25) is 0 Å². The summed E-state index contributed by atoms with van der Waals surface area (Å²) in [6, 6.07) is 10.7. The fourth-order valence-electron chi connectivity index (χ4n) is 2.80. The quantitative estimate of drug-likeness (QED) is 0.502. The van der Waals surface area contributed by atoms with Crippen LogP contribution in [0, 0.1) is 0 Å². The van der Waals surface area contributed by atoms with Gasteiger partial charge >= 0.3 is 5.97 Å². The van der Waals surface area contributed by atoms with E-state index in [9.17, 15) is 9.90 Å². The van der Waals surface area contributed by atoms with Crippen LogP contribution < -0.4 is 18.9 Å². The van der Waals surface area contributed by atoms with Crippen molar-refractivity contribution in [3.8, 4) is 23.0 Å². The van der Waals surface area contributed by atoms with Gasteiger partial charge in [0.05, 0.1) is 28.4 Å². The molecule has 2 aromatic rings. The molecule has 0 aromatic heterocycles. The largest absolute Gasteiger partial charge is 0.497 e. The molecule has 0 bridgehead atoms. The summed E-state index contributed by atoms with van der Waals surface area (Å²) in [7, 11) is 6.22. The topological polar surface area (TPSA) is 74.2 Å². The first-order chi connectivity index (χ1) is 13.4. The lowest BCUT2D eigenvalue weighted by Crippen LogP contribution is -2.09. The fourth-order valence-corrected chi connectivity index (χ4v) is 3.69. The molecule has 0 aliphatic heterocycles. The van der Waals surface area contributed by atoms with E-state index in [4.69, 9.17) is 18.9 Å². The van der Waals surface area contributed by atoms with E-state index in [1.807, 2.05) is 0 Å². The minimum absolute atomic E-state index is 0.0211. The summed E-state index contributed by atoms with van der Waals surface area (Å²) in [5.41, 5.74) is 1.39. The van der Waals surface area contributed by atoms with Crippen molar-refractivity contribution in [2.75, 3.05) is 28.4 Å². The Balaban J connectivity index is 2.88. The van der Waals surface area contributed by atoms with Crippen molar-refractivity contribution in [3.63, 3.8) is 0 Å². The van der Waals surface area contributed by atoms with E-state index in [-0.39, 0.29) is 4.48 Å². The van der Waals surface area contributed by atoms with Crippen molar-refractivity contribution in [1.82, 2.24) is 0 Å². The molecule has 2 aromatic carbocycles. The highest BCUT2D eigenvalue weighted by Crippen LogP contribution is 2.47. The third kappa shape index (κ3) is 4.62. The van der Waals surface area contributed by atoms with Gasteiger partial charge in [-0.25, -0.2) is 4.79 Å². The number of halogens is 2. The van der Waals surface area contributed by atoms with E-state index in [2.05, 4.69) is 31.9 Å². The van der Waals surface area contributed by atoms with Crippen molar-refractivity contribution in [2.24, 2.45) is 0 Å². The van der Waals surface area contributed by atoms with Gasteiger partial charge < -0.3 is 24.1 Å². The molecule has 0 unspecified atom stereocenters. The number of allylic oxidation sites excluding steroid dienone is 1. The lowest BCUT2D eigenvalue weighted by Gasteiger charge is -2.24. The molecule has 0 amide bonds. The molecule has 6 nitrogen and oxygen atoms in total. The molecule has 0 saturated carbocycles. The number of hydrogen-bond donors (Lipinski definition) is 1. The Hall–Kier alpha value is -2.19. The van der Waals surface area contributed by atoms with Crippen molar-refractivity contribution < 1.29 is 28.8 Å². The maximum Gasteiger partial charge on any atom is 0.343 e. The molecule has 0 aliphatic carbocycles. The Bertz CT molecular complexity index is 839. The minimum Gasteiger partial charge on any atom is -0.497 e. The predicted molar refractivity (Wildman–Crippen MR) is 113 cm³/mol. The zero-order chi connectivity index (χ0) is 20.8. The van der Waals surface area contributed by atoms with Gasteiger partial charge in [0.1, 0.15) is 27.5 Å². The molecule has 0 aliphatic rings. The summed E-state index contributed by atoms with van der Waals surface area (Å²) in [6.45, 7) is 0. The highest BCUT2D eigenvalue weighted by atomic mass is 79.9. The SMILES string of the molecule is COc1ccc(OC)c(C(C(Br)=C(Br)C(=O)O)c2cc(OC)ccc2OC)c1. The van der Waals surface area contributed by atoms with Crippen LogP contribution >= 0.6 is 31.9 Å². The molecular weight excluding hydrogens is 496 g/mol. The Morgan fingerprint density at radius 1 is 0.821 bits per heavy atom. The van der Waals surface area contributed by atoms with Gasteiger partial charge in [-0.2, -0.15) is 0 Å². The van der Waals surface area contributed by atoms with Crippen LogP contribution in [0.3, 0.4) is 0 Å². The first-order valence-corrected chi connectivity index (χ1v) is 9.68. The van der Waals surface area contributed by atoms with Gasteiger partial charge in [0.15, 0.2) is 0 Å². The van der Waals surface area contributed by atoms with Crippen molar-refractivity contribution in [3.05, 3.63) is 56.5 Å². The third-order valence-corrected chi connectivity index (χ3v) is 6.30. The summed E-state index contributed by atoms with van der Waals surface area (Å²) < 4.78 is 22.2. The van der Waals surface area contributed by atoms with Crippen LogP contribution in [-0.4, -0.2) is 39.5 Å². The van der Waals surface area contributed by atoms with E-state index in [0.717, 1.165) is 0 Å². The number of aliphatic carboxylic acids is 1. The van der Waals surface area contributed by atoms with Crippen molar-refractivity contribution in [2.45, 2.75) is 5.92 Å². The van der Waals surface area contributed by atoms with Crippen LogP contribution in [0.15, 0.2) is 45.4 Å². The number of carbonyl (C=O) groups is 1. The number of ether oxygens (including phenoxy) is 4. The smallest absolute Gasteiger partial charge is 0.343 e. The molecular formula is C20H20Br2O6. The molecule has 1 N–H and O–H groups in total. The molecule has 28 heavy (non-hydrogen) atoms. The van der Waals surface area contributed by atoms with E-state index >= 15 is 0 Å². The average Bonchev–Trinajstić information content (AvgIpc) is 2.72. The summed E-state index contributed by atoms with van der Waals surface area (Å²) >= 11 is 6.62. The lowest BCUT2D eigenvalue weighted by molar-refractivity contribution is -0.131. The van der Waals surface area contributed by atoms with Gasteiger partial charge in [-0.15, -0.1) is 0 Å². The van der Waals surface area contributed by atoms with Gasteiger partial charge in [-0.05, 0) is 52.3 Å². The number of benzene rings is 2. The summed E-state index contributed by atoms with van der Waals surface area (Å²) in [4.78, 5) is 11.6. The van der Waals surface area contributed by atoms with Gasteiger partial charge in [-0.1, -0.05) is 15.9 Å². The number of hydrogen-bond acceptors (Lipinski definition) is 5. The van der Waals surface area contributed by atoms with E-state index in [0.29, 0.717) is 38.6 Å². The van der Waals surface area contributed by atoms with Crippen LogP contribution in [0.2, 0.25) is 0 Å². The summed E-state index contributed by atoms with van der Waals surface area (Å²) in [5, 5.41) is 9.50. The number of carboxylic acid groups (broad SMARTS) is 1. The number of carboxylic acids is 1. The molecule has 0 spiro atoms. The highest BCUT2D eigenvalue weighted by molar-refractivity contribution is 9.14. The monoisotopic (exact) mass is 514 g/mol. The zero-order valence-corrected chi connectivity index (χ0v) is 19.0. The molecule has 0 saturated heterocycles. The fraction of sp³-hybridized carbons (Fsp3) is 0.250. The first kappa shape index (κ1) is 22.1. The Labute approximate surface area is 180 Å². The highest BCUT2D eigenvalue weighted by Gasteiger charge is 2.29. The van der Waals surface area contributed by atoms with Gasteiger partial charge in [0, 0.05) is 21.5 Å². The zero-order valence-electron chi connectivity index (χ0n) is 15.8. The van der Waals surface area contributed by atoms with Gasteiger partial charge in [0.25, 0.3) is 0 Å². The average molecular weight is 516 g/mol. The Morgan fingerprint density at radius 3 is 1.57 bits per heavy atom. The van der Waals surface area contributed by atoms with Crippen LogP contribution in [0.1, 0.15) is 17.0 Å². The molecule has 2 rings (SSSR count). The van der Waals surface area contributed by atoms with Crippen molar-refractivity contribution in [1.29, 1.82) is 0 Å². The second-order valence-corrected chi connectivity index (χ2v) is 7.26. The number of methoxy groups -OCH3 is 4. The maximum absolute atomic E-state index is 11.6. The van der Waals surface area contributed by atoms with E-state index < -0.39 is 11.9 Å². The second kappa shape index (κ2) is 9.84.